The number of amides is 1. The molecule has 0 saturated heterocycles. The van der Waals surface area contributed by atoms with Crippen molar-refractivity contribution in [2.24, 2.45) is 7.05 Å². The second-order valence-electron chi connectivity index (χ2n) is 6.00. The lowest BCUT2D eigenvalue weighted by molar-refractivity contribution is -0.122. The summed E-state index contributed by atoms with van der Waals surface area (Å²) < 4.78 is 1.74. The molecular weight excluding hydrogens is 312 g/mol. The maximum atomic E-state index is 12.7. The number of pyridine rings is 1. The Bertz CT molecular complexity index is 842. The number of hydrogen-bond acceptors (Lipinski definition) is 3. The number of aryl methyl sites for hydroxylation is 1. The van der Waals surface area contributed by atoms with Gasteiger partial charge in [-0.25, -0.2) is 0 Å². The van der Waals surface area contributed by atoms with Crippen molar-refractivity contribution < 1.29 is 4.79 Å². The Morgan fingerprint density at radius 2 is 2.00 bits per heavy atom. The molecule has 5 heteroatoms. The Labute approximate surface area is 147 Å². The lowest BCUT2D eigenvalue weighted by Gasteiger charge is -2.16. The molecule has 1 amide bonds. The fourth-order valence-electron chi connectivity index (χ4n) is 2.95. The van der Waals surface area contributed by atoms with Crippen LogP contribution in [0.3, 0.4) is 0 Å². The number of carbonyl (C=O) groups excluding carboxylic acids is 1. The number of nitrogens with zero attached hydrogens (tertiary/aromatic N) is 3. The van der Waals surface area contributed by atoms with Crippen LogP contribution >= 0.6 is 0 Å². The molecule has 3 rings (SSSR count). The summed E-state index contributed by atoms with van der Waals surface area (Å²) in [6.45, 7) is 2.47. The van der Waals surface area contributed by atoms with Gasteiger partial charge in [-0.15, -0.1) is 0 Å². The van der Waals surface area contributed by atoms with Gasteiger partial charge in [0.05, 0.1) is 17.8 Å². The van der Waals surface area contributed by atoms with Gasteiger partial charge in [-0.3, -0.25) is 14.5 Å². The standard InChI is InChI=1S/C20H22N4O/c1-3-18(15-8-5-4-6-9-15)20(25)22-12-16-10-7-11-21-19(16)17-13-23-24(2)14-17/h4-11,13-14,18H,3,12H2,1-2H3,(H,22,25). The number of benzene rings is 1. The van der Waals surface area contributed by atoms with Crippen LogP contribution in [0.1, 0.15) is 30.4 Å². The van der Waals surface area contributed by atoms with Crippen LogP contribution in [0.5, 0.6) is 0 Å². The first-order valence-electron chi connectivity index (χ1n) is 8.44. The number of carbonyl (C=O) groups is 1. The summed E-state index contributed by atoms with van der Waals surface area (Å²) in [5.41, 5.74) is 3.82. The third-order valence-electron chi connectivity index (χ3n) is 4.25. The fraction of sp³-hybridized carbons (Fsp3) is 0.250. The van der Waals surface area contributed by atoms with E-state index in [-0.39, 0.29) is 11.8 Å². The van der Waals surface area contributed by atoms with Gasteiger partial charge >= 0.3 is 0 Å². The molecule has 0 saturated carbocycles. The maximum absolute atomic E-state index is 12.7. The summed E-state index contributed by atoms with van der Waals surface area (Å²) in [6.07, 6.45) is 6.23. The smallest absolute Gasteiger partial charge is 0.227 e. The highest BCUT2D eigenvalue weighted by atomic mass is 16.1. The quantitative estimate of drug-likeness (QED) is 0.752. The van der Waals surface area contributed by atoms with Crippen molar-refractivity contribution in [2.45, 2.75) is 25.8 Å². The average molecular weight is 334 g/mol. The predicted octanol–water partition coefficient (Wildman–Crippen LogP) is 3.29. The average Bonchev–Trinajstić information content (AvgIpc) is 3.08. The van der Waals surface area contributed by atoms with E-state index in [1.165, 1.54) is 0 Å². The van der Waals surface area contributed by atoms with Gasteiger partial charge < -0.3 is 5.32 Å². The van der Waals surface area contributed by atoms with Crippen LogP contribution in [0.15, 0.2) is 61.1 Å². The molecule has 0 aliphatic carbocycles. The molecule has 5 nitrogen and oxygen atoms in total. The first-order valence-corrected chi connectivity index (χ1v) is 8.44. The molecule has 3 aromatic rings. The summed E-state index contributed by atoms with van der Waals surface area (Å²) in [5.74, 6) is -0.102. The molecule has 128 valence electrons. The SMILES string of the molecule is CCC(C(=O)NCc1cccnc1-c1cnn(C)c1)c1ccccc1. The van der Waals surface area contributed by atoms with Crippen LogP contribution in [0.25, 0.3) is 11.3 Å². The molecule has 0 bridgehead atoms. The number of nitrogens with one attached hydrogen (secondary N) is 1. The lowest BCUT2D eigenvalue weighted by Crippen LogP contribution is -2.29. The van der Waals surface area contributed by atoms with E-state index in [4.69, 9.17) is 0 Å². The molecule has 0 spiro atoms. The third-order valence-corrected chi connectivity index (χ3v) is 4.25. The molecule has 1 atom stereocenters. The topological polar surface area (TPSA) is 59.8 Å². The minimum atomic E-state index is -0.139. The fourth-order valence-corrected chi connectivity index (χ4v) is 2.95. The molecule has 25 heavy (non-hydrogen) atoms. The molecule has 0 radical (unpaired) electrons. The van der Waals surface area contributed by atoms with Crippen LogP contribution in [0.4, 0.5) is 0 Å². The Kier molecular flexibility index (Phi) is 5.23. The van der Waals surface area contributed by atoms with Crippen LogP contribution in [-0.4, -0.2) is 20.7 Å². The van der Waals surface area contributed by atoms with Crippen molar-refractivity contribution in [2.75, 3.05) is 0 Å². The van der Waals surface area contributed by atoms with E-state index in [2.05, 4.69) is 15.4 Å². The highest BCUT2D eigenvalue weighted by Crippen LogP contribution is 2.22. The van der Waals surface area contributed by atoms with Crippen molar-refractivity contribution in [1.29, 1.82) is 0 Å². The lowest BCUT2D eigenvalue weighted by atomic mass is 9.95. The molecule has 2 aromatic heterocycles. The molecule has 0 aliphatic heterocycles. The number of aromatic nitrogens is 3. The van der Waals surface area contributed by atoms with Crippen molar-refractivity contribution in [1.82, 2.24) is 20.1 Å². The summed E-state index contributed by atoms with van der Waals surface area (Å²) in [4.78, 5) is 17.1. The molecule has 1 aromatic carbocycles. The number of rotatable bonds is 6. The van der Waals surface area contributed by atoms with Gasteiger partial charge in [-0.2, -0.15) is 5.10 Å². The van der Waals surface area contributed by atoms with Gasteiger partial charge in [0.1, 0.15) is 0 Å². The zero-order valence-electron chi connectivity index (χ0n) is 14.5. The van der Waals surface area contributed by atoms with Crippen molar-refractivity contribution >= 4 is 5.91 Å². The van der Waals surface area contributed by atoms with Crippen LogP contribution < -0.4 is 5.32 Å². The zero-order chi connectivity index (χ0) is 17.6. The minimum absolute atomic E-state index is 0.0367. The van der Waals surface area contributed by atoms with Crippen molar-refractivity contribution in [3.05, 3.63) is 72.2 Å². The van der Waals surface area contributed by atoms with Gasteiger partial charge in [-0.1, -0.05) is 43.3 Å². The third kappa shape index (κ3) is 3.94. The minimum Gasteiger partial charge on any atom is -0.351 e. The molecule has 0 fully saturated rings. The van der Waals surface area contributed by atoms with Gasteiger partial charge in [0, 0.05) is 31.5 Å². The van der Waals surface area contributed by atoms with Crippen LogP contribution in [0.2, 0.25) is 0 Å². The first-order chi connectivity index (χ1) is 12.2. The summed E-state index contributed by atoms with van der Waals surface area (Å²) in [5, 5.41) is 7.26. The normalized spacial score (nSPS) is 11.9. The van der Waals surface area contributed by atoms with E-state index < -0.39 is 0 Å². The Hall–Kier alpha value is -2.95. The van der Waals surface area contributed by atoms with E-state index in [1.807, 2.05) is 62.6 Å². The van der Waals surface area contributed by atoms with E-state index in [1.54, 1.807) is 17.1 Å². The zero-order valence-corrected chi connectivity index (χ0v) is 14.5. The van der Waals surface area contributed by atoms with Crippen LogP contribution in [0, 0.1) is 0 Å². The van der Waals surface area contributed by atoms with Gasteiger partial charge in [0.15, 0.2) is 0 Å². The predicted molar refractivity (Wildman–Crippen MR) is 97.8 cm³/mol. The van der Waals surface area contributed by atoms with Crippen LogP contribution in [-0.2, 0) is 18.4 Å². The first kappa shape index (κ1) is 16.9. The largest absolute Gasteiger partial charge is 0.351 e. The van der Waals surface area contributed by atoms with E-state index in [0.29, 0.717) is 6.54 Å². The van der Waals surface area contributed by atoms with Gasteiger partial charge in [-0.05, 0) is 23.6 Å². The highest BCUT2D eigenvalue weighted by molar-refractivity contribution is 5.83. The Balaban J connectivity index is 1.74. The monoisotopic (exact) mass is 334 g/mol. The van der Waals surface area contributed by atoms with Gasteiger partial charge in [0.25, 0.3) is 0 Å². The van der Waals surface area contributed by atoms with E-state index >= 15 is 0 Å². The number of hydrogen-bond donors (Lipinski definition) is 1. The maximum Gasteiger partial charge on any atom is 0.227 e. The summed E-state index contributed by atoms with van der Waals surface area (Å²) >= 11 is 0. The van der Waals surface area contributed by atoms with E-state index in [9.17, 15) is 4.79 Å². The van der Waals surface area contributed by atoms with Crippen molar-refractivity contribution in [3.63, 3.8) is 0 Å². The second-order valence-corrected chi connectivity index (χ2v) is 6.00. The molecule has 1 unspecified atom stereocenters. The van der Waals surface area contributed by atoms with Gasteiger partial charge in [0.2, 0.25) is 5.91 Å². The Morgan fingerprint density at radius 1 is 1.20 bits per heavy atom. The highest BCUT2D eigenvalue weighted by Gasteiger charge is 2.18. The molecule has 0 aliphatic rings. The summed E-state index contributed by atoms with van der Waals surface area (Å²) in [6, 6.07) is 13.8. The summed E-state index contributed by atoms with van der Waals surface area (Å²) in [7, 11) is 1.87. The second kappa shape index (κ2) is 7.75. The molecule has 1 N–H and O–H groups in total. The van der Waals surface area contributed by atoms with Crippen molar-refractivity contribution in [3.8, 4) is 11.3 Å². The Morgan fingerprint density at radius 3 is 2.68 bits per heavy atom. The molecular formula is C20H22N4O. The van der Waals surface area contributed by atoms with E-state index in [0.717, 1.165) is 28.8 Å². The molecule has 2 heterocycles.